The minimum atomic E-state index is -3.79. The monoisotopic (exact) mass is 416 g/mol. The van der Waals surface area contributed by atoms with Gasteiger partial charge >= 0.3 is 0 Å². The maximum atomic E-state index is 13.2. The lowest BCUT2D eigenvalue weighted by atomic mass is 9.98. The number of anilines is 1. The lowest BCUT2D eigenvalue weighted by molar-refractivity contribution is -0.117. The molecule has 1 amide bonds. The Kier molecular flexibility index (Phi) is 6.59. The van der Waals surface area contributed by atoms with E-state index in [0.717, 1.165) is 12.0 Å². The van der Waals surface area contributed by atoms with Crippen LogP contribution in [0.4, 0.5) is 5.69 Å². The number of nitrogens with zero attached hydrogens (tertiary/aromatic N) is 1. The van der Waals surface area contributed by atoms with Gasteiger partial charge in [0.1, 0.15) is 5.75 Å². The van der Waals surface area contributed by atoms with Gasteiger partial charge in [-0.25, -0.2) is 13.1 Å². The molecule has 0 aromatic heterocycles. The van der Waals surface area contributed by atoms with Crippen LogP contribution in [0.15, 0.2) is 53.4 Å². The molecule has 0 bridgehead atoms. The van der Waals surface area contributed by atoms with Crippen LogP contribution >= 0.6 is 0 Å². The molecule has 1 fully saturated rings. The van der Waals surface area contributed by atoms with Gasteiger partial charge in [-0.05, 0) is 42.5 Å². The van der Waals surface area contributed by atoms with E-state index in [4.69, 9.17) is 4.74 Å². The Labute approximate surface area is 172 Å². The first-order valence-corrected chi connectivity index (χ1v) is 11.4. The zero-order chi connectivity index (χ0) is 21.0. The van der Waals surface area contributed by atoms with Gasteiger partial charge in [0, 0.05) is 19.0 Å². The topological polar surface area (TPSA) is 75.7 Å². The summed E-state index contributed by atoms with van der Waals surface area (Å²) in [7, 11) is -2.28. The third-order valence-corrected chi connectivity index (χ3v) is 6.50. The molecule has 3 rings (SSSR count). The second kappa shape index (κ2) is 8.97. The molecule has 1 atom stereocenters. The maximum absolute atomic E-state index is 13.2. The Bertz CT molecular complexity index is 958. The van der Waals surface area contributed by atoms with E-state index in [9.17, 15) is 13.2 Å². The first kappa shape index (κ1) is 21.3. The van der Waals surface area contributed by atoms with Crippen LogP contribution in [0.5, 0.6) is 5.75 Å². The number of ether oxygens (including phenoxy) is 1. The number of amides is 1. The Morgan fingerprint density at radius 3 is 2.45 bits per heavy atom. The van der Waals surface area contributed by atoms with Gasteiger partial charge < -0.3 is 9.64 Å². The highest BCUT2D eigenvalue weighted by Gasteiger charge is 2.28. The molecule has 0 spiro atoms. The fourth-order valence-electron chi connectivity index (χ4n) is 3.62. The standard InChI is InChI=1S/C22H28N2O4S/c1-16(2)14-19(17-8-5-4-6-9-17)23-29(26,27)18-11-12-21(28-3)20(15-18)24-13-7-10-22(24)25/h4-6,8-9,11-12,15-16,19,23H,7,10,13-14H2,1-3H3. The van der Waals surface area contributed by atoms with Crippen LogP contribution in [0.25, 0.3) is 0 Å². The van der Waals surface area contributed by atoms with Crippen molar-refractivity contribution >= 4 is 21.6 Å². The highest BCUT2D eigenvalue weighted by atomic mass is 32.2. The van der Waals surface area contributed by atoms with Crippen molar-refractivity contribution < 1.29 is 17.9 Å². The third-order valence-electron chi connectivity index (χ3n) is 5.03. The summed E-state index contributed by atoms with van der Waals surface area (Å²) < 4.78 is 34.6. The number of carbonyl (C=O) groups excluding carboxylic acids is 1. The fraction of sp³-hybridized carbons (Fsp3) is 0.409. The number of benzene rings is 2. The molecule has 0 aliphatic carbocycles. The van der Waals surface area contributed by atoms with Crippen molar-refractivity contribution in [1.82, 2.24) is 4.72 Å². The van der Waals surface area contributed by atoms with E-state index in [0.29, 0.717) is 36.7 Å². The van der Waals surface area contributed by atoms with Crippen LogP contribution in [0.1, 0.15) is 44.7 Å². The number of hydrogen-bond donors (Lipinski definition) is 1. The van der Waals surface area contributed by atoms with E-state index in [1.165, 1.54) is 19.2 Å². The van der Waals surface area contributed by atoms with Crippen molar-refractivity contribution in [2.24, 2.45) is 5.92 Å². The number of carbonyl (C=O) groups is 1. The molecular weight excluding hydrogens is 388 g/mol. The molecule has 2 aromatic rings. The van der Waals surface area contributed by atoms with E-state index < -0.39 is 10.0 Å². The molecule has 1 N–H and O–H groups in total. The van der Waals surface area contributed by atoms with Crippen LogP contribution in [0.2, 0.25) is 0 Å². The number of nitrogens with one attached hydrogen (secondary N) is 1. The number of rotatable bonds is 8. The quantitative estimate of drug-likeness (QED) is 0.708. The van der Waals surface area contributed by atoms with Gasteiger partial charge in [-0.1, -0.05) is 44.2 Å². The molecule has 156 valence electrons. The fourth-order valence-corrected chi connectivity index (χ4v) is 4.87. The maximum Gasteiger partial charge on any atom is 0.241 e. The Hall–Kier alpha value is -2.38. The van der Waals surface area contributed by atoms with Crippen LogP contribution in [-0.2, 0) is 14.8 Å². The minimum Gasteiger partial charge on any atom is -0.495 e. The van der Waals surface area contributed by atoms with Gasteiger partial charge in [0.15, 0.2) is 0 Å². The number of hydrogen-bond acceptors (Lipinski definition) is 4. The predicted molar refractivity (Wildman–Crippen MR) is 114 cm³/mol. The molecule has 7 heteroatoms. The number of methoxy groups -OCH3 is 1. The first-order chi connectivity index (χ1) is 13.8. The van der Waals surface area contributed by atoms with Gasteiger partial charge in [-0.3, -0.25) is 4.79 Å². The largest absolute Gasteiger partial charge is 0.495 e. The van der Waals surface area contributed by atoms with Crippen LogP contribution in [-0.4, -0.2) is 28.0 Å². The van der Waals surface area contributed by atoms with E-state index in [2.05, 4.69) is 18.6 Å². The summed E-state index contributed by atoms with van der Waals surface area (Å²) in [6.45, 7) is 4.69. The summed E-state index contributed by atoms with van der Waals surface area (Å²) in [5, 5.41) is 0. The van der Waals surface area contributed by atoms with Gasteiger partial charge in [0.25, 0.3) is 0 Å². The summed E-state index contributed by atoms with van der Waals surface area (Å²) >= 11 is 0. The second-order valence-electron chi connectivity index (χ2n) is 7.70. The van der Waals surface area contributed by atoms with Crippen molar-refractivity contribution in [2.45, 2.75) is 44.0 Å². The molecule has 1 saturated heterocycles. The van der Waals surface area contributed by atoms with Gasteiger partial charge in [-0.2, -0.15) is 0 Å². The molecule has 2 aromatic carbocycles. The Morgan fingerprint density at radius 1 is 1.14 bits per heavy atom. The summed E-state index contributed by atoms with van der Waals surface area (Å²) in [5.41, 5.74) is 1.42. The van der Waals surface area contributed by atoms with Crippen LogP contribution in [0.3, 0.4) is 0 Å². The SMILES string of the molecule is COc1ccc(S(=O)(=O)NC(CC(C)C)c2ccccc2)cc1N1CCCC1=O. The minimum absolute atomic E-state index is 0.0206. The zero-order valence-corrected chi connectivity index (χ0v) is 17.9. The first-order valence-electron chi connectivity index (χ1n) is 9.87. The van der Waals surface area contributed by atoms with Crippen LogP contribution < -0.4 is 14.4 Å². The smallest absolute Gasteiger partial charge is 0.241 e. The van der Waals surface area contributed by atoms with Crippen molar-refractivity contribution in [3.8, 4) is 5.75 Å². The van der Waals surface area contributed by atoms with Crippen molar-refractivity contribution in [3.05, 3.63) is 54.1 Å². The molecule has 1 heterocycles. The summed E-state index contributed by atoms with van der Waals surface area (Å²) in [6, 6.07) is 13.9. The average molecular weight is 417 g/mol. The van der Waals surface area contributed by atoms with Gasteiger partial charge in [0.2, 0.25) is 15.9 Å². The Balaban J connectivity index is 1.94. The molecule has 1 aliphatic rings. The summed E-state index contributed by atoms with van der Waals surface area (Å²) in [5.74, 6) is 0.783. The zero-order valence-electron chi connectivity index (χ0n) is 17.1. The highest BCUT2D eigenvalue weighted by molar-refractivity contribution is 7.89. The normalized spacial score (nSPS) is 15.7. The highest BCUT2D eigenvalue weighted by Crippen LogP contribution is 2.34. The average Bonchev–Trinajstić information content (AvgIpc) is 3.13. The summed E-state index contributed by atoms with van der Waals surface area (Å²) in [6.07, 6.45) is 1.89. The van der Waals surface area contributed by atoms with Gasteiger partial charge in [-0.15, -0.1) is 0 Å². The van der Waals surface area contributed by atoms with E-state index in [-0.39, 0.29) is 16.8 Å². The lowest BCUT2D eigenvalue weighted by Crippen LogP contribution is -2.30. The van der Waals surface area contributed by atoms with Crippen molar-refractivity contribution in [2.75, 3.05) is 18.6 Å². The van der Waals surface area contributed by atoms with Crippen molar-refractivity contribution in [3.63, 3.8) is 0 Å². The molecule has 29 heavy (non-hydrogen) atoms. The molecule has 1 unspecified atom stereocenters. The number of sulfonamides is 1. The molecular formula is C22H28N2O4S. The van der Waals surface area contributed by atoms with E-state index >= 15 is 0 Å². The molecule has 6 nitrogen and oxygen atoms in total. The van der Waals surface area contributed by atoms with Crippen molar-refractivity contribution in [1.29, 1.82) is 0 Å². The van der Waals surface area contributed by atoms with E-state index in [1.54, 1.807) is 11.0 Å². The van der Waals surface area contributed by atoms with Gasteiger partial charge in [0.05, 0.1) is 17.7 Å². The molecule has 0 saturated carbocycles. The molecule has 0 radical (unpaired) electrons. The predicted octanol–water partition coefficient (Wildman–Crippen LogP) is 3.89. The lowest BCUT2D eigenvalue weighted by Gasteiger charge is -2.23. The third kappa shape index (κ3) is 4.97. The second-order valence-corrected chi connectivity index (χ2v) is 9.41. The molecule has 1 aliphatic heterocycles. The van der Waals surface area contributed by atoms with Crippen LogP contribution in [0, 0.1) is 5.92 Å². The van der Waals surface area contributed by atoms with E-state index in [1.807, 2.05) is 30.3 Å². The summed E-state index contributed by atoms with van der Waals surface area (Å²) in [4.78, 5) is 13.9. The Morgan fingerprint density at radius 2 is 1.86 bits per heavy atom.